The maximum atomic E-state index is 13.1. The molecule has 1 aromatic carbocycles. The largest absolute Gasteiger partial charge is 0.274 e. The van der Waals surface area contributed by atoms with Gasteiger partial charge in [-0.25, -0.2) is 4.90 Å². The van der Waals surface area contributed by atoms with Crippen LogP contribution in [0.15, 0.2) is 47.6 Å². The van der Waals surface area contributed by atoms with Crippen LogP contribution in [0.1, 0.15) is 32.1 Å². The number of allylic oxidation sites excluding steroid dienone is 4. The fourth-order valence-electron chi connectivity index (χ4n) is 5.37. The molecule has 2 saturated carbocycles. The molecule has 5 rings (SSSR count). The number of anilines is 1. The van der Waals surface area contributed by atoms with Crippen LogP contribution in [-0.4, -0.2) is 11.8 Å². The highest BCUT2D eigenvalue weighted by atomic mass is 35.5. The Hall–Kier alpha value is -1.87. The molecule has 1 saturated heterocycles. The number of carbonyl (C=O) groups excluding carboxylic acids is 2. The Morgan fingerprint density at radius 1 is 0.920 bits per heavy atom. The van der Waals surface area contributed by atoms with E-state index in [-0.39, 0.29) is 35.5 Å². The number of imide groups is 1. The van der Waals surface area contributed by atoms with Crippen molar-refractivity contribution in [3.63, 3.8) is 0 Å². The van der Waals surface area contributed by atoms with Crippen molar-refractivity contribution in [2.75, 3.05) is 4.90 Å². The molecule has 3 fully saturated rings. The van der Waals surface area contributed by atoms with Crippen molar-refractivity contribution in [3.05, 3.63) is 52.6 Å². The van der Waals surface area contributed by atoms with Gasteiger partial charge in [-0.1, -0.05) is 47.4 Å². The van der Waals surface area contributed by atoms with E-state index in [0.29, 0.717) is 10.7 Å². The number of carbonyl (C=O) groups is 2. The minimum Gasteiger partial charge on any atom is -0.274 e. The molecule has 0 unspecified atom stereocenters. The summed E-state index contributed by atoms with van der Waals surface area (Å²) in [5, 5.41) is 0.543. The lowest BCUT2D eigenvalue weighted by molar-refractivity contribution is -0.122. The smallest absolute Gasteiger partial charge is 0.238 e. The lowest BCUT2D eigenvalue weighted by atomic mass is 9.85. The summed E-state index contributed by atoms with van der Waals surface area (Å²) in [5.41, 5.74) is 3.53. The van der Waals surface area contributed by atoms with Crippen LogP contribution in [0.4, 0.5) is 5.69 Å². The first kappa shape index (κ1) is 15.4. The zero-order valence-electron chi connectivity index (χ0n) is 14.0. The number of fused-ring (bicyclic) bond motifs is 5. The van der Waals surface area contributed by atoms with Gasteiger partial charge in [0, 0.05) is 16.9 Å². The SMILES string of the molecule is O=C1[C@@H]2[C@@H](C(=O)N1c1cccc(Cl)c1)[C@H]1C=C[C@@H]2C1=C1CCCCC1. The van der Waals surface area contributed by atoms with Crippen molar-refractivity contribution in [2.24, 2.45) is 23.7 Å². The second-order valence-electron chi connectivity index (χ2n) is 7.60. The summed E-state index contributed by atoms with van der Waals surface area (Å²) < 4.78 is 0. The van der Waals surface area contributed by atoms with Crippen LogP contribution in [0.2, 0.25) is 5.02 Å². The third-order valence-corrected chi connectivity index (χ3v) is 6.58. The predicted octanol–water partition coefficient (Wildman–Crippen LogP) is 4.52. The van der Waals surface area contributed by atoms with E-state index in [1.165, 1.54) is 35.3 Å². The van der Waals surface area contributed by atoms with Gasteiger partial charge >= 0.3 is 0 Å². The second-order valence-corrected chi connectivity index (χ2v) is 8.04. The van der Waals surface area contributed by atoms with Crippen molar-refractivity contribution in [2.45, 2.75) is 32.1 Å². The quantitative estimate of drug-likeness (QED) is 0.549. The van der Waals surface area contributed by atoms with Gasteiger partial charge in [0.05, 0.1) is 17.5 Å². The summed E-state index contributed by atoms with van der Waals surface area (Å²) in [4.78, 5) is 27.6. The van der Waals surface area contributed by atoms with Crippen molar-refractivity contribution in [1.82, 2.24) is 0 Å². The summed E-state index contributed by atoms with van der Waals surface area (Å²) in [6, 6.07) is 7.04. The number of amides is 2. The van der Waals surface area contributed by atoms with Crippen LogP contribution in [0.5, 0.6) is 0 Å². The molecule has 0 N–H and O–H groups in total. The number of nitrogens with zero attached hydrogens (tertiary/aromatic N) is 1. The zero-order valence-corrected chi connectivity index (χ0v) is 14.7. The molecular formula is C21H20ClNO2. The monoisotopic (exact) mass is 353 g/mol. The molecule has 0 radical (unpaired) electrons. The Kier molecular flexibility index (Phi) is 3.43. The van der Waals surface area contributed by atoms with E-state index < -0.39 is 0 Å². The lowest BCUT2D eigenvalue weighted by Crippen LogP contribution is -2.33. The van der Waals surface area contributed by atoms with Crippen LogP contribution < -0.4 is 4.90 Å². The minimum absolute atomic E-state index is 0.0528. The highest BCUT2D eigenvalue weighted by molar-refractivity contribution is 6.31. The van der Waals surface area contributed by atoms with E-state index in [1.807, 2.05) is 0 Å². The van der Waals surface area contributed by atoms with Crippen molar-refractivity contribution in [1.29, 1.82) is 0 Å². The van der Waals surface area contributed by atoms with Gasteiger partial charge in [-0.05, 0) is 43.9 Å². The number of hydrogen-bond acceptors (Lipinski definition) is 2. The average molecular weight is 354 g/mol. The zero-order chi connectivity index (χ0) is 17.1. The topological polar surface area (TPSA) is 37.4 Å². The van der Waals surface area contributed by atoms with E-state index in [4.69, 9.17) is 11.6 Å². The molecule has 1 heterocycles. The fourth-order valence-corrected chi connectivity index (χ4v) is 5.56. The predicted molar refractivity (Wildman–Crippen MR) is 97.2 cm³/mol. The van der Waals surface area contributed by atoms with Crippen LogP contribution >= 0.6 is 11.6 Å². The second kappa shape index (κ2) is 5.57. The Morgan fingerprint density at radius 3 is 2.16 bits per heavy atom. The van der Waals surface area contributed by atoms with Gasteiger partial charge in [-0.2, -0.15) is 0 Å². The highest BCUT2D eigenvalue weighted by Crippen LogP contribution is 2.58. The molecule has 3 nitrogen and oxygen atoms in total. The first-order chi connectivity index (χ1) is 12.2. The van der Waals surface area contributed by atoms with Crippen LogP contribution in [0.3, 0.4) is 0 Å². The first-order valence-electron chi connectivity index (χ1n) is 9.20. The third-order valence-electron chi connectivity index (χ3n) is 6.35. The summed E-state index contributed by atoms with van der Waals surface area (Å²) >= 11 is 6.06. The van der Waals surface area contributed by atoms with Gasteiger partial charge in [0.2, 0.25) is 11.8 Å². The molecule has 1 aromatic rings. The normalized spacial score (nSPS) is 33.6. The van der Waals surface area contributed by atoms with E-state index >= 15 is 0 Å². The van der Waals surface area contributed by atoms with Crippen molar-refractivity contribution < 1.29 is 9.59 Å². The van der Waals surface area contributed by atoms with E-state index in [2.05, 4.69) is 12.2 Å². The summed E-state index contributed by atoms with van der Waals surface area (Å²) in [7, 11) is 0. The average Bonchev–Trinajstić information content (AvgIpc) is 3.25. The van der Waals surface area contributed by atoms with E-state index in [1.54, 1.807) is 24.3 Å². The van der Waals surface area contributed by atoms with E-state index in [9.17, 15) is 9.59 Å². The van der Waals surface area contributed by atoms with Gasteiger partial charge < -0.3 is 0 Å². The molecule has 4 aliphatic rings. The van der Waals surface area contributed by atoms with Crippen LogP contribution in [-0.2, 0) is 9.59 Å². The molecule has 0 aromatic heterocycles. The summed E-state index contributed by atoms with van der Waals surface area (Å²) in [6.45, 7) is 0. The Balaban J connectivity index is 1.54. The van der Waals surface area contributed by atoms with Crippen LogP contribution in [0, 0.1) is 23.7 Å². The molecule has 2 bridgehead atoms. The number of benzene rings is 1. The first-order valence-corrected chi connectivity index (χ1v) is 9.58. The van der Waals surface area contributed by atoms with Gasteiger partial charge in [0.1, 0.15) is 0 Å². The molecule has 3 aliphatic carbocycles. The van der Waals surface area contributed by atoms with E-state index in [0.717, 1.165) is 12.8 Å². The van der Waals surface area contributed by atoms with Crippen molar-refractivity contribution >= 4 is 29.1 Å². The summed E-state index contributed by atoms with van der Waals surface area (Å²) in [5.74, 6) is -0.282. The van der Waals surface area contributed by atoms with Gasteiger partial charge in [0.25, 0.3) is 0 Å². The van der Waals surface area contributed by atoms with Crippen molar-refractivity contribution in [3.8, 4) is 0 Å². The maximum Gasteiger partial charge on any atom is 0.238 e. The number of hydrogen-bond donors (Lipinski definition) is 0. The molecule has 4 heteroatoms. The standard InChI is InChI=1S/C21H20ClNO2/c22-13-7-4-8-14(11-13)23-20(24)18-15-9-10-16(19(18)21(23)25)17(15)12-5-2-1-3-6-12/h4,7-11,15-16,18-19H,1-3,5-6H2/t15-,16+,18-,19-/m0/s1. The Morgan fingerprint density at radius 2 is 1.56 bits per heavy atom. The third kappa shape index (κ3) is 2.11. The highest BCUT2D eigenvalue weighted by Gasteiger charge is 2.62. The van der Waals surface area contributed by atoms with Gasteiger partial charge in [0.15, 0.2) is 0 Å². The molecule has 0 spiro atoms. The van der Waals surface area contributed by atoms with Gasteiger partial charge in [-0.3, -0.25) is 9.59 Å². The molecule has 25 heavy (non-hydrogen) atoms. The number of halogens is 1. The molecule has 128 valence electrons. The number of rotatable bonds is 1. The fraction of sp³-hybridized carbons (Fsp3) is 0.429. The Bertz CT molecular complexity index is 798. The molecule has 4 atom stereocenters. The molecule has 2 amide bonds. The maximum absolute atomic E-state index is 13.1. The Labute approximate surface area is 152 Å². The van der Waals surface area contributed by atoms with Gasteiger partial charge in [-0.15, -0.1) is 0 Å². The van der Waals surface area contributed by atoms with Crippen LogP contribution in [0.25, 0.3) is 0 Å². The lowest BCUT2D eigenvalue weighted by Gasteiger charge is -2.23. The molecular weight excluding hydrogens is 334 g/mol. The molecule has 1 aliphatic heterocycles. The summed E-state index contributed by atoms with van der Waals surface area (Å²) in [6.07, 6.45) is 10.4. The minimum atomic E-state index is -0.217.